The van der Waals surface area contributed by atoms with Crippen LogP contribution < -0.4 is 0 Å². The summed E-state index contributed by atoms with van der Waals surface area (Å²) in [5.74, 6) is -0.525. The minimum absolute atomic E-state index is 0.0570. The molecule has 1 unspecified atom stereocenters. The van der Waals surface area contributed by atoms with Crippen LogP contribution in [0.5, 0.6) is 0 Å². The van der Waals surface area contributed by atoms with Crippen LogP contribution in [0.3, 0.4) is 0 Å². The van der Waals surface area contributed by atoms with Crippen LogP contribution >= 0.6 is 0 Å². The first-order valence-corrected chi connectivity index (χ1v) is 12.9. The highest BCUT2D eigenvalue weighted by Gasteiger charge is 2.47. The summed E-state index contributed by atoms with van der Waals surface area (Å²) >= 11 is 0. The van der Waals surface area contributed by atoms with Gasteiger partial charge in [0.05, 0.1) is 17.2 Å². The van der Waals surface area contributed by atoms with E-state index in [0.29, 0.717) is 18.7 Å². The second-order valence-corrected chi connectivity index (χ2v) is 10.9. The number of ketones is 1. The lowest BCUT2D eigenvalue weighted by molar-refractivity contribution is -0.137. The van der Waals surface area contributed by atoms with Gasteiger partial charge in [-0.3, -0.25) is 9.59 Å². The minimum atomic E-state index is -4.70. The molecule has 1 aromatic carbocycles. The molecule has 9 heteroatoms. The van der Waals surface area contributed by atoms with Gasteiger partial charge < -0.3 is 9.47 Å². The molecule has 1 aliphatic carbocycles. The van der Waals surface area contributed by atoms with Gasteiger partial charge in [-0.2, -0.15) is 18.4 Å². The zero-order chi connectivity index (χ0) is 27.4. The number of likely N-dealkylation sites (tertiary alicyclic amines) is 1. The molecule has 2 fully saturated rings. The molecule has 38 heavy (non-hydrogen) atoms. The van der Waals surface area contributed by atoms with Crippen LogP contribution in [0.4, 0.5) is 13.2 Å². The van der Waals surface area contributed by atoms with Crippen molar-refractivity contribution in [3.63, 3.8) is 0 Å². The summed E-state index contributed by atoms with van der Waals surface area (Å²) in [6.07, 6.45) is -0.556. The van der Waals surface area contributed by atoms with Crippen LogP contribution in [0.1, 0.15) is 65.2 Å². The monoisotopic (exact) mass is 522 g/mol. The fourth-order valence-corrected chi connectivity index (χ4v) is 6.44. The summed E-state index contributed by atoms with van der Waals surface area (Å²) in [5, 5.41) is 9.19. The number of hydrogen-bond donors (Lipinski definition) is 0. The number of Topliss-reactive ketones (excluding diaryl/α,β-unsaturated/α-hetero) is 1. The first kappa shape index (κ1) is 26.0. The fraction of sp³-hybridized carbons (Fsp3) is 0.448. The number of piperidine rings is 1. The number of aryl methyl sites for hydroxylation is 1. The molecule has 2 bridgehead atoms. The molecule has 2 aromatic heterocycles. The Morgan fingerprint density at radius 1 is 1.18 bits per heavy atom. The molecule has 0 N–H and O–H groups in total. The molecule has 1 saturated heterocycles. The van der Waals surface area contributed by atoms with E-state index in [1.165, 1.54) is 18.2 Å². The average Bonchev–Trinajstić information content (AvgIpc) is 3.33. The molecule has 5 rings (SSSR count). The normalized spacial score (nSPS) is 21.2. The van der Waals surface area contributed by atoms with Crippen LogP contribution in [-0.2, 0) is 24.4 Å². The lowest BCUT2D eigenvalue weighted by Gasteiger charge is -2.39. The Bertz CT molecular complexity index is 1450. The molecule has 0 spiro atoms. The smallest absolute Gasteiger partial charge is 0.342 e. The largest absolute Gasteiger partial charge is 0.417 e. The number of aromatic nitrogens is 2. The minimum Gasteiger partial charge on any atom is -0.342 e. The lowest BCUT2D eigenvalue weighted by atomic mass is 9.78. The van der Waals surface area contributed by atoms with Crippen molar-refractivity contribution < 1.29 is 22.8 Å². The number of halogens is 3. The molecule has 1 amide bonds. The van der Waals surface area contributed by atoms with E-state index < -0.39 is 23.9 Å². The van der Waals surface area contributed by atoms with Crippen molar-refractivity contribution >= 4 is 22.7 Å². The maximum absolute atomic E-state index is 14.7. The summed E-state index contributed by atoms with van der Waals surface area (Å²) in [6, 6.07) is 7.92. The number of rotatable bonds is 5. The number of alkyl halides is 3. The van der Waals surface area contributed by atoms with Crippen LogP contribution in [0.25, 0.3) is 11.0 Å². The van der Waals surface area contributed by atoms with Crippen molar-refractivity contribution in [3.8, 4) is 6.07 Å². The van der Waals surface area contributed by atoms with Crippen molar-refractivity contribution in [2.45, 2.75) is 45.2 Å². The highest BCUT2D eigenvalue weighted by atomic mass is 19.4. The van der Waals surface area contributed by atoms with E-state index in [1.807, 2.05) is 24.8 Å². The standard InChI is InChI=1S/C29H29F3N4O2/c1-16(2)28(38)36-13-19-7-8-20(14-36)24(19)22-15-35(3)27-25(22)26(29(30,31)32)21(12-34-27)10-23(37)18-6-4-5-17(9-18)11-33/h4-6,9,12,15-16,19-20,24H,7-8,10,13-14H2,1-3H3/t19-,20+,24?. The Balaban J connectivity index is 1.58. The van der Waals surface area contributed by atoms with Gasteiger partial charge >= 0.3 is 6.18 Å². The highest BCUT2D eigenvalue weighted by Crippen LogP contribution is 2.52. The molecule has 6 nitrogen and oxygen atoms in total. The number of nitrogens with zero attached hydrogens (tertiary/aromatic N) is 4. The van der Waals surface area contributed by atoms with Crippen molar-refractivity contribution in [1.82, 2.24) is 14.5 Å². The first-order chi connectivity index (χ1) is 18.0. The Morgan fingerprint density at radius 3 is 2.47 bits per heavy atom. The average molecular weight is 523 g/mol. The second kappa shape index (κ2) is 9.57. The quantitative estimate of drug-likeness (QED) is 0.415. The van der Waals surface area contributed by atoms with Gasteiger partial charge in [-0.15, -0.1) is 0 Å². The van der Waals surface area contributed by atoms with Gasteiger partial charge in [-0.1, -0.05) is 26.0 Å². The molecule has 2 aliphatic rings. The van der Waals surface area contributed by atoms with Crippen LogP contribution in [0.15, 0.2) is 36.7 Å². The Kier molecular flexibility index (Phi) is 6.54. The van der Waals surface area contributed by atoms with Crippen LogP contribution in [-0.4, -0.2) is 39.2 Å². The highest BCUT2D eigenvalue weighted by molar-refractivity contribution is 5.99. The van der Waals surface area contributed by atoms with E-state index in [9.17, 15) is 22.8 Å². The summed E-state index contributed by atoms with van der Waals surface area (Å²) in [4.78, 5) is 31.9. The SMILES string of the molecule is CC(C)C(=O)N1C[C@H]2CC[C@@H](C1)C2c1cn(C)c2ncc(CC(=O)c3cccc(C#N)c3)c(C(F)(F)F)c12. The van der Waals surface area contributed by atoms with Crippen LogP contribution in [0, 0.1) is 29.1 Å². The van der Waals surface area contributed by atoms with Gasteiger partial charge in [0.1, 0.15) is 5.65 Å². The number of amides is 1. The van der Waals surface area contributed by atoms with Crippen LogP contribution in [0.2, 0.25) is 0 Å². The summed E-state index contributed by atoms with van der Waals surface area (Å²) in [7, 11) is 1.69. The molecular formula is C29H29F3N4O2. The Labute approximate surface area is 219 Å². The zero-order valence-corrected chi connectivity index (χ0v) is 21.5. The lowest BCUT2D eigenvalue weighted by Crippen LogP contribution is -2.45. The van der Waals surface area contributed by atoms with E-state index in [0.717, 1.165) is 19.0 Å². The third kappa shape index (κ3) is 4.46. The van der Waals surface area contributed by atoms with E-state index in [4.69, 9.17) is 5.26 Å². The first-order valence-electron chi connectivity index (χ1n) is 12.9. The van der Waals surface area contributed by atoms with E-state index in [-0.39, 0.29) is 57.3 Å². The molecule has 198 valence electrons. The van der Waals surface area contributed by atoms with Gasteiger partial charge in [0.25, 0.3) is 0 Å². The summed E-state index contributed by atoms with van der Waals surface area (Å²) < 4.78 is 45.8. The van der Waals surface area contributed by atoms with Gasteiger partial charge in [0, 0.05) is 55.8 Å². The number of benzene rings is 1. The molecule has 3 aromatic rings. The second-order valence-electron chi connectivity index (χ2n) is 10.9. The third-order valence-electron chi connectivity index (χ3n) is 8.04. The Morgan fingerprint density at radius 2 is 1.87 bits per heavy atom. The summed E-state index contributed by atoms with van der Waals surface area (Å²) in [6.45, 7) is 4.80. The van der Waals surface area contributed by atoms with E-state index in [1.54, 1.807) is 23.9 Å². The van der Waals surface area contributed by atoms with Gasteiger partial charge in [-0.25, -0.2) is 4.98 Å². The van der Waals surface area contributed by atoms with Gasteiger partial charge in [0.15, 0.2) is 5.78 Å². The number of carbonyl (C=O) groups excluding carboxylic acids is 2. The number of carbonyl (C=O) groups is 2. The van der Waals surface area contributed by atoms with Crippen molar-refractivity contribution in [3.05, 3.63) is 64.5 Å². The Hall–Kier alpha value is -3.67. The number of fused-ring (bicyclic) bond motifs is 3. The number of pyridine rings is 1. The topological polar surface area (TPSA) is 79.0 Å². The van der Waals surface area contributed by atoms with Crippen molar-refractivity contribution in [1.29, 1.82) is 5.26 Å². The predicted molar refractivity (Wildman–Crippen MR) is 135 cm³/mol. The van der Waals surface area contributed by atoms with Gasteiger partial charge in [0.2, 0.25) is 5.91 Å². The number of nitriles is 1. The summed E-state index contributed by atoms with van der Waals surface area (Å²) in [5.41, 5.74) is 0.296. The molecule has 0 radical (unpaired) electrons. The van der Waals surface area contributed by atoms with Crippen molar-refractivity contribution in [2.24, 2.45) is 24.8 Å². The molecule has 1 saturated carbocycles. The molecule has 3 heterocycles. The van der Waals surface area contributed by atoms with Crippen molar-refractivity contribution in [2.75, 3.05) is 13.1 Å². The maximum Gasteiger partial charge on any atom is 0.417 e. The maximum atomic E-state index is 14.7. The predicted octanol–water partition coefficient (Wildman–Crippen LogP) is 5.50. The molecule has 1 aliphatic heterocycles. The van der Waals surface area contributed by atoms with Gasteiger partial charge in [-0.05, 0) is 53.9 Å². The molecular weight excluding hydrogens is 493 g/mol. The molecule has 3 atom stereocenters. The van der Waals surface area contributed by atoms with E-state index >= 15 is 0 Å². The zero-order valence-electron chi connectivity index (χ0n) is 21.5. The fourth-order valence-electron chi connectivity index (χ4n) is 6.44. The number of hydrogen-bond acceptors (Lipinski definition) is 4. The van der Waals surface area contributed by atoms with E-state index in [2.05, 4.69) is 4.98 Å². The third-order valence-corrected chi connectivity index (χ3v) is 8.04.